The first kappa shape index (κ1) is 14.6. The summed E-state index contributed by atoms with van der Waals surface area (Å²) in [7, 11) is 0. The minimum atomic E-state index is 0.00342. The van der Waals surface area contributed by atoms with E-state index in [1.54, 1.807) is 12.1 Å². The molecule has 0 radical (unpaired) electrons. The molecule has 4 nitrogen and oxygen atoms in total. The number of nitrogens with zero attached hydrogens (tertiary/aromatic N) is 2. The maximum absolute atomic E-state index is 12.2. The summed E-state index contributed by atoms with van der Waals surface area (Å²) in [6, 6.07) is 4.10. The van der Waals surface area contributed by atoms with Crippen molar-refractivity contribution < 1.29 is 9.21 Å². The summed E-state index contributed by atoms with van der Waals surface area (Å²) >= 11 is 3.23. The highest BCUT2D eigenvalue weighted by Crippen LogP contribution is 2.20. The molecule has 0 atom stereocenters. The highest BCUT2D eigenvalue weighted by Gasteiger charge is 2.27. The molecule has 0 unspecified atom stereocenters. The summed E-state index contributed by atoms with van der Waals surface area (Å²) in [5, 5.41) is 0. The van der Waals surface area contributed by atoms with Crippen LogP contribution in [0.25, 0.3) is 0 Å². The summed E-state index contributed by atoms with van der Waals surface area (Å²) in [5.74, 6) is 0.428. The standard InChI is InChI=1S/C14H21BrN2O2/c1-3-16(4-2)11-7-9-17(10-8-11)14(18)12-5-6-13(15)19-12/h5-6,11H,3-4,7-10H2,1-2H3. The van der Waals surface area contributed by atoms with E-state index in [0.717, 1.165) is 39.0 Å². The van der Waals surface area contributed by atoms with Gasteiger partial charge >= 0.3 is 0 Å². The van der Waals surface area contributed by atoms with E-state index in [9.17, 15) is 4.79 Å². The van der Waals surface area contributed by atoms with Gasteiger partial charge in [-0.05, 0) is 54.0 Å². The van der Waals surface area contributed by atoms with Crippen molar-refractivity contribution in [3.8, 4) is 0 Å². The molecule has 0 saturated carbocycles. The van der Waals surface area contributed by atoms with Crippen molar-refractivity contribution in [2.24, 2.45) is 0 Å². The van der Waals surface area contributed by atoms with Crippen molar-refractivity contribution in [1.82, 2.24) is 9.80 Å². The summed E-state index contributed by atoms with van der Waals surface area (Å²) in [5.41, 5.74) is 0. The number of furan rings is 1. The Labute approximate surface area is 122 Å². The summed E-state index contributed by atoms with van der Waals surface area (Å²) in [6.07, 6.45) is 2.10. The predicted octanol–water partition coefficient (Wildman–Crippen LogP) is 2.99. The lowest BCUT2D eigenvalue weighted by atomic mass is 10.0. The van der Waals surface area contributed by atoms with Crippen LogP contribution in [-0.4, -0.2) is 47.9 Å². The average molecular weight is 329 g/mol. The second kappa shape index (κ2) is 6.57. The molecule has 1 aliphatic heterocycles. The first-order valence-corrected chi connectivity index (χ1v) is 7.73. The Hall–Kier alpha value is -0.810. The van der Waals surface area contributed by atoms with E-state index < -0.39 is 0 Å². The number of rotatable bonds is 4. The van der Waals surface area contributed by atoms with E-state index in [-0.39, 0.29) is 5.91 Å². The van der Waals surface area contributed by atoms with Crippen molar-refractivity contribution in [3.63, 3.8) is 0 Å². The summed E-state index contributed by atoms with van der Waals surface area (Å²) in [6.45, 7) is 8.19. The molecular formula is C14H21BrN2O2. The molecule has 0 aromatic carbocycles. The van der Waals surface area contributed by atoms with Crippen molar-refractivity contribution in [3.05, 3.63) is 22.6 Å². The number of halogens is 1. The third-order valence-electron chi connectivity index (χ3n) is 3.86. The molecule has 1 aliphatic rings. The molecule has 2 rings (SSSR count). The van der Waals surface area contributed by atoms with Crippen LogP contribution < -0.4 is 0 Å². The highest BCUT2D eigenvalue weighted by atomic mass is 79.9. The quantitative estimate of drug-likeness (QED) is 0.852. The number of carbonyl (C=O) groups excluding carboxylic acids is 1. The van der Waals surface area contributed by atoms with Crippen molar-refractivity contribution >= 4 is 21.8 Å². The minimum Gasteiger partial charge on any atom is -0.444 e. The predicted molar refractivity (Wildman–Crippen MR) is 78.3 cm³/mol. The SMILES string of the molecule is CCN(CC)C1CCN(C(=O)c2ccc(Br)o2)CC1. The summed E-state index contributed by atoms with van der Waals surface area (Å²) < 4.78 is 5.94. The zero-order valence-corrected chi connectivity index (χ0v) is 13.1. The minimum absolute atomic E-state index is 0.00342. The molecule has 0 N–H and O–H groups in total. The number of likely N-dealkylation sites (tertiary alicyclic amines) is 1. The lowest BCUT2D eigenvalue weighted by Gasteiger charge is -2.37. The number of hydrogen-bond donors (Lipinski definition) is 0. The third-order valence-corrected chi connectivity index (χ3v) is 4.29. The van der Waals surface area contributed by atoms with Gasteiger partial charge < -0.3 is 14.2 Å². The van der Waals surface area contributed by atoms with Crippen LogP contribution in [0.4, 0.5) is 0 Å². The Morgan fingerprint density at radius 2 is 2.00 bits per heavy atom. The van der Waals surface area contributed by atoms with E-state index in [1.807, 2.05) is 4.90 Å². The normalized spacial score (nSPS) is 17.2. The van der Waals surface area contributed by atoms with Crippen LogP contribution in [0.15, 0.2) is 21.2 Å². The molecule has 1 aromatic rings. The Morgan fingerprint density at radius 1 is 1.37 bits per heavy atom. The van der Waals surface area contributed by atoms with Crippen LogP contribution in [0.3, 0.4) is 0 Å². The number of piperidine rings is 1. The first-order valence-electron chi connectivity index (χ1n) is 6.94. The van der Waals surface area contributed by atoms with E-state index in [4.69, 9.17) is 4.42 Å². The Kier molecular flexibility index (Phi) is 5.05. The Bertz CT molecular complexity index is 421. The Balaban J connectivity index is 1.91. The molecule has 1 saturated heterocycles. The smallest absolute Gasteiger partial charge is 0.289 e. The fourth-order valence-corrected chi connectivity index (χ4v) is 3.07. The maximum Gasteiger partial charge on any atom is 0.289 e. The third kappa shape index (κ3) is 3.39. The van der Waals surface area contributed by atoms with Gasteiger partial charge in [-0.2, -0.15) is 0 Å². The Morgan fingerprint density at radius 3 is 2.47 bits per heavy atom. The topological polar surface area (TPSA) is 36.7 Å². The molecule has 1 fully saturated rings. The van der Waals surface area contributed by atoms with Gasteiger partial charge in [-0.15, -0.1) is 0 Å². The largest absolute Gasteiger partial charge is 0.444 e. The van der Waals surface area contributed by atoms with Crippen LogP contribution in [0.1, 0.15) is 37.2 Å². The monoisotopic (exact) mass is 328 g/mol. The molecule has 106 valence electrons. The number of hydrogen-bond acceptors (Lipinski definition) is 3. The van der Waals surface area contributed by atoms with E-state index >= 15 is 0 Å². The zero-order valence-electron chi connectivity index (χ0n) is 11.6. The molecule has 19 heavy (non-hydrogen) atoms. The van der Waals surface area contributed by atoms with Gasteiger partial charge in [-0.25, -0.2) is 0 Å². The second-order valence-corrected chi connectivity index (χ2v) is 5.63. The van der Waals surface area contributed by atoms with Gasteiger partial charge in [0.25, 0.3) is 5.91 Å². The molecule has 5 heteroatoms. The highest BCUT2D eigenvalue weighted by molar-refractivity contribution is 9.10. The number of carbonyl (C=O) groups is 1. The molecule has 0 bridgehead atoms. The summed E-state index contributed by atoms with van der Waals surface area (Å²) in [4.78, 5) is 16.6. The second-order valence-electron chi connectivity index (χ2n) is 4.85. The average Bonchev–Trinajstić information content (AvgIpc) is 2.87. The van der Waals surface area contributed by atoms with Crippen LogP contribution >= 0.6 is 15.9 Å². The molecule has 1 amide bonds. The van der Waals surface area contributed by atoms with Gasteiger partial charge in [0, 0.05) is 19.1 Å². The zero-order chi connectivity index (χ0) is 13.8. The van der Waals surface area contributed by atoms with Crippen LogP contribution in [0.5, 0.6) is 0 Å². The maximum atomic E-state index is 12.2. The fraction of sp³-hybridized carbons (Fsp3) is 0.643. The van der Waals surface area contributed by atoms with Gasteiger partial charge in [-0.3, -0.25) is 4.79 Å². The molecule has 1 aromatic heterocycles. The van der Waals surface area contributed by atoms with Crippen LogP contribution in [0, 0.1) is 0 Å². The van der Waals surface area contributed by atoms with Crippen molar-refractivity contribution in [2.45, 2.75) is 32.7 Å². The molecular weight excluding hydrogens is 308 g/mol. The van der Waals surface area contributed by atoms with Gasteiger partial charge in [0.15, 0.2) is 10.4 Å². The van der Waals surface area contributed by atoms with Gasteiger partial charge in [-0.1, -0.05) is 13.8 Å². The number of amides is 1. The fourth-order valence-electron chi connectivity index (χ4n) is 2.76. The molecule has 0 spiro atoms. The van der Waals surface area contributed by atoms with E-state index in [0.29, 0.717) is 16.5 Å². The molecule has 0 aliphatic carbocycles. The van der Waals surface area contributed by atoms with Gasteiger partial charge in [0.2, 0.25) is 0 Å². The first-order chi connectivity index (χ1) is 9.15. The van der Waals surface area contributed by atoms with Crippen molar-refractivity contribution in [2.75, 3.05) is 26.2 Å². The lowest BCUT2D eigenvalue weighted by molar-refractivity contribution is 0.0600. The van der Waals surface area contributed by atoms with Crippen LogP contribution in [0.2, 0.25) is 0 Å². The van der Waals surface area contributed by atoms with Gasteiger partial charge in [0.05, 0.1) is 0 Å². The molecule has 2 heterocycles. The van der Waals surface area contributed by atoms with Crippen LogP contribution in [-0.2, 0) is 0 Å². The van der Waals surface area contributed by atoms with E-state index in [2.05, 4.69) is 34.7 Å². The van der Waals surface area contributed by atoms with Crippen molar-refractivity contribution in [1.29, 1.82) is 0 Å². The van der Waals surface area contributed by atoms with Gasteiger partial charge in [0.1, 0.15) is 0 Å². The van der Waals surface area contributed by atoms with E-state index in [1.165, 1.54) is 0 Å². The lowest BCUT2D eigenvalue weighted by Crippen LogP contribution is -2.46.